The summed E-state index contributed by atoms with van der Waals surface area (Å²) in [5, 5.41) is 5.51. The molecular weight excluding hydrogens is 248 g/mol. The highest BCUT2D eigenvalue weighted by molar-refractivity contribution is 8.14. The van der Waals surface area contributed by atoms with Gasteiger partial charge < -0.3 is 5.32 Å². The second kappa shape index (κ2) is 5.05. The predicted molar refractivity (Wildman–Crippen MR) is 68.3 cm³/mol. The molecule has 0 aromatic carbocycles. The molecule has 1 aromatic heterocycles. The summed E-state index contributed by atoms with van der Waals surface area (Å²) in [6, 6.07) is 1.97. The van der Waals surface area contributed by atoms with E-state index >= 15 is 0 Å². The number of nitrogens with one attached hydrogen (secondary N) is 1. The highest BCUT2D eigenvalue weighted by Gasteiger charge is 2.16. The number of thiophene rings is 1. The van der Waals surface area contributed by atoms with Crippen LogP contribution in [-0.2, 0) is 0 Å². The summed E-state index contributed by atoms with van der Waals surface area (Å²) >= 11 is 4.66. The van der Waals surface area contributed by atoms with E-state index in [9.17, 15) is 4.79 Å². The minimum absolute atomic E-state index is 0.0394. The van der Waals surface area contributed by atoms with Crippen molar-refractivity contribution < 1.29 is 4.79 Å². The first-order valence-corrected chi connectivity index (χ1v) is 7.50. The topological polar surface area (TPSA) is 41.5 Å². The molecular formula is C9H10N2OS3. The fraction of sp³-hybridized carbons (Fsp3) is 0.333. The minimum atomic E-state index is -0.0394. The molecule has 0 radical (unpaired) electrons. The molecule has 2 rings (SSSR count). The third kappa shape index (κ3) is 2.56. The molecule has 0 aliphatic carbocycles. The molecule has 3 nitrogen and oxygen atoms in total. The van der Waals surface area contributed by atoms with Crippen LogP contribution >= 0.6 is 34.9 Å². The number of thioether (sulfide) groups is 2. The van der Waals surface area contributed by atoms with Gasteiger partial charge in [0.15, 0.2) is 5.17 Å². The summed E-state index contributed by atoms with van der Waals surface area (Å²) in [4.78, 5) is 17.8. The Kier molecular flexibility index (Phi) is 3.71. The molecule has 0 atom stereocenters. The zero-order chi connectivity index (χ0) is 10.7. The molecule has 0 fully saturated rings. The first kappa shape index (κ1) is 11.0. The number of nitrogens with zero attached hydrogens (tertiary/aromatic N) is 1. The van der Waals surface area contributed by atoms with Gasteiger partial charge in [-0.15, -0.1) is 23.1 Å². The lowest BCUT2D eigenvalue weighted by molar-refractivity contribution is 0.0979. The van der Waals surface area contributed by atoms with E-state index in [2.05, 4.69) is 10.3 Å². The van der Waals surface area contributed by atoms with Crippen molar-refractivity contribution in [1.82, 2.24) is 5.32 Å². The van der Waals surface area contributed by atoms with Crippen LogP contribution in [0.3, 0.4) is 0 Å². The standard InChI is InChI=1S/C9H10N2OS3/c1-13-6-2-4-14-7(6)8(12)11-9-10-3-5-15-9/h2,4H,3,5H2,1H3,(H,10,11,12). The SMILES string of the molecule is CSc1ccsc1C(=O)NC1=NCCS1. The molecule has 6 heteroatoms. The van der Waals surface area contributed by atoms with E-state index in [0.717, 1.165) is 27.2 Å². The van der Waals surface area contributed by atoms with Gasteiger partial charge in [-0.05, 0) is 17.7 Å². The second-order valence-corrected chi connectivity index (χ2v) is 5.66. The molecule has 0 saturated carbocycles. The summed E-state index contributed by atoms with van der Waals surface area (Å²) in [6.07, 6.45) is 1.97. The smallest absolute Gasteiger partial charge is 0.268 e. The van der Waals surface area contributed by atoms with E-state index in [-0.39, 0.29) is 5.91 Å². The Labute approximate surface area is 101 Å². The summed E-state index contributed by atoms with van der Waals surface area (Å²) in [5.74, 6) is 0.928. The average molecular weight is 258 g/mol. The lowest BCUT2D eigenvalue weighted by Gasteiger charge is -2.02. The van der Waals surface area contributed by atoms with Crippen LogP contribution in [-0.4, -0.2) is 29.6 Å². The van der Waals surface area contributed by atoms with Gasteiger partial charge in [-0.3, -0.25) is 9.79 Å². The van der Waals surface area contributed by atoms with Crippen LogP contribution in [0.4, 0.5) is 0 Å². The Morgan fingerprint density at radius 1 is 1.67 bits per heavy atom. The Morgan fingerprint density at radius 2 is 2.53 bits per heavy atom. The van der Waals surface area contributed by atoms with Crippen LogP contribution in [0.5, 0.6) is 0 Å². The average Bonchev–Trinajstić information content (AvgIpc) is 2.86. The van der Waals surface area contributed by atoms with Crippen molar-refractivity contribution >= 4 is 45.9 Å². The van der Waals surface area contributed by atoms with Gasteiger partial charge in [-0.1, -0.05) is 11.8 Å². The summed E-state index contributed by atoms with van der Waals surface area (Å²) in [6.45, 7) is 0.806. The van der Waals surface area contributed by atoms with E-state index in [1.807, 2.05) is 17.7 Å². The van der Waals surface area contributed by atoms with Crippen molar-refractivity contribution in [2.75, 3.05) is 18.6 Å². The van der Waals surface area contributed by atoms with Gasteiger partial charge in [0.25, 0.3) is 5.91 Å². The molecule has 1 aliphatic rings. The van der Waals surface area contributed by atoms with Gasteiger partial charge in [-0.25, -0.2) is 0 Å². The Morgan fingerprint density at radius 3 is 3.20 bits per heavy atom. The monoisotopic (exact) mass is 258 g/mol. The van der Waals surface area contributed by atoms with Gasteiger partial charge in [0.05, 0.1) is 6.54 Å². The first-order chi connectivity index (χ1) is 7.31. The van der Waals surface area contributed by atoms with Gasteiger partial charge in [-0.2, -0.15) is 0 Å². The van der Waals surface area contributed by atoms with Crippen LogP contribution in [0.1, 0.15) is 9.67 Å². The molecule has 0 saturated heterocycles. The number of carbonyl (C=O) groups is 1. The van der Waals surface area contributed by atoms with Gasteiger partial charge in [0, 0.05) is 10.6 Å². The van der Waals surface area contributed by atoms with Crippen molar-refractivity contribution in [2.45, 2.75) is 4.90 Å². The van der Waals surface area contributed by atoms with Crippen LogP contribution < -0.4 is 5.32 Å². The van der Waals surface area contributed by atoms with E-state index in [1.54, 1.807) is 23.5 Å². The predicted octanol–water partition coefficient (Wildman–Crippen LogP) is 2.30. The molecule has 2 heterocycles. The molecule has 0 unspecified atom stereocenters. The van der Waals surface area contributed by atoms with Gasteiger partial charge in [0.1, 0.15) is 4.88 Å². The minimum Gasteiger partial charge on any atom is -0.301 e. The fourth-order valence-electron chi connectivity index (χ4n) is 1.19. The summed E-state index contributed by atoms with van der Waals surface area (Å²) in [5.41, 5.74) is 0. The Bertz CT molecular complexity index is 400. The van der Waals surface area contributed by atoms with Gasteiger partial charge in [0.2, 0.25) is 0 Å². The van der Waals surface area contributed by atoms with Crippen LogP contribution in [0, 0.1) is 0 Å². The fourth-order valence-corrected chi connectivity index (χ4v) is 3.56. The second-order valence-electron chi connectivity index (χ2n) is 2.81. The van der Waals surface area contributed by atoms with Crippen molar-refractivity contribution in [3.8, 4) is 0 Å². The maximum atomic E-state index is 11.8. The van der Waals surface area contributed by atoms with Crippen molar-refractivity contribution in [2.24, 2.45) is 4.99 Å². The summed E-state index contributed by atoms with van der Waals surface area (Å²) < 4.78 is 0. The number of carbonyl (C=O) groups excluding carboxylic acids is 1. The van der Waals surface area contributed by atoms with Crippen LogP contribution in [0.25, 0.3) is 0 Å². The van der Waals surface area contributed by atoms with E-state index in [0.29, 0.717) is 0 Å². The van der Waals surface area contributed by atoms with E-state index in [4.69, 9.17) is 0 Å². The van der Waals surface area contributed by atoms with Gasteiger partial charge >= 0.3 is 0 Å². The molecule has 80 valence electrons. The first-order valence-electron chi connectivity index (χ1n) is 4.41. The number of rotatable bonds is 2. The number of hydrogen-bond donors (Lipinski definition) is 1. The third-order valence-corrected chi connectivity index (χ3v) is 4.57. The number of amides is 1. The Hall–Kier alpha value is -0.460. The number of aliphatic imine (C=N–C) groups is 1. The summed E-state index contributed by atoms with van der Waals surface area (Å²) in [7, 11) is 0. The lowest BCUT2D eigenvalue weighted by atomic mass is 10.4. The number of hydrogen-bond acceptors (Lipinski definition) is 5. The molecule has 1 aromatic rings. The van der Waals surface area contributed by atoms with Crippen LogP contribution in [0.15, 0.2) is 21.3 Å². The van der Waals surface area contributed by atoms with E-state index < -0.39 is 0 Å². The maximum absolute atomic E-state index is 11.8. The lowest BCUT2D eigenvalue weighted by Crippen LogP contribution is -2.26. The number of amidine groups is 1. The highest BCUT2D eigenvalue weighted by atomic mass is 32.2. The molecule has 15 heavy (non-hydrogen) atoms. The highest BCUT2D eigenvalue weighted by Crippen LogP contribution is 2.25. The normalized spacial score (nSPS) is 15.1. The van der Waals surface area contributed by atoms with Crippen LogP contribution in [0.2, 0.25) is 0 Å². The molecule has 0 spiro atoms. The third-order valence-electron chi connectivity index (χ3n) is 1.86. The van der Waals surface area contributed by atoms with Crippen molar-refractivity contribution in [1.29, 1.82) is 0 Å². The molecule has 1 amide bonds. The zero-order valence-corrected chi connectivity index (χ0v) is 10.6. The van der Waals surface area contributed by atoms with E-state index in [1.165, 1.54) is 11.3 Å². The zero-order valence-electron chi connectivity index (χ0n) is 8.15. The molecule has 1 aliphatic heterocycles. The Balaban J connectivity index is 2.07. The quantitative estimate of drug-likeness (QED) is 0.828. The largest absolute Gasteiger partial charge is 0.301 e. The maximum Gasteiger partial charge on any atom is 0.268 e. The molecule has 1 N–H and O–H groups in total. The van der Waals surface area contributed by atoms with Crippen molar-refractivity contribution in [3.63, 3.8) is 0 Å². The molecule has 0 bridgehead atoms. The van der Waals surface area contributed by atoms with Crippen molar-refractivity contribution in [3.05, 3.63) is 16.3 Å².